The molecule has 98 valence electrons. The largest absolute Gasteiger partial charge is 0.477 e. The summed E-state index contributed by atoms with van der Waals surface area (Å²) in [4.78, 5) is 21.3. The van der Waals surface area contributed by atoms with Gasteiger partial charge in [-0.3, -0.25) is 0 Å². The van der Waals surface area contributed by atoms with Crippen molar-refractivity contribution in [3.05, 3.63) is 40.5 Å². The van der Waals surface area contributed by atoms with E-state index in [1.165, 1.54) is 6.07 Å². The van der Waals surface area contributed by atoms with Gasteiger partial charge in [0.2, 0.25) is 0 Å². The number of carboxylic acids is 1. The van der Waals surface area contributed by atoms with E-state index in [9.17, 15) is 4.79 Å². The molecule has 19 heavy (non-hydrogen) atoms. The van der Waals surface area contributed by atoms with E-state index in [2.05, 4.69) is 25.9 Å². The van der Waals surface area contributed by atoms with Gasteiger partial charge in [0.15, 0.2) is 11.5 Å². The number of carbonyl (C=O) groups is 1. The molecule has 0 spiro atoms. The Labute approximate surface area is 119 Å². The third-order valence-electron chi connectivity index (χ3n) is 2.47. The number of anilines is 1. The summed E-state index contributed by atoms with van der Waals surface area (Å²) >= 11 is 3.37. The Kier molecular flexibility index (Phi) is 3.80. The molecule has 1 heterocycles. The molecule has 6 heteroatoms. The molecule has 0 aliphatic rings. The monoisotopic (exact) mass is 321 g/mol. The van der Waals surface area contributed by atoms with Gasteiger partial charge >= 0.3 is 5.97 Å². The van der Waals surface area contributed by atoms with E-state index in [0.717, 1.165) is 10.0 Å². The second-order valence-electron chi connectivity index (χ2n) is 4.14. The predicted octanol–water partition coefficient (Wildman–Crippen LogP) is 2.67. The first kappa shape index (κ1) is 13.5. The van der Waals surface area contributed by atoms with E-state index < -0.39 is 5.97 Å². The van der Waals surface area contributed by atoms with E-state index in [-0.39, 0.29) is 5.69 Å². The molecule has 0 saturated heterocycles. The van der Waals surface area contributed by atoms with Crippen LogP contribution < -0.4 is 4.90 Å². The summed E-state index contributed by atoms with van der Waals surface area (Å²) in [5.74, 6) is -0.117. The van der Waals surface area contributed by atoms with E-state index in [1.54, 1.807) is 19.0 Å². The third-order valence-corrected chi connectivity index (χ3v) is 2.97. The second kappa shape index (κ2) is 5.36. The van der Waals surface area contributed by atoms with E-state index in [4.69, 9.17) is 5.11 Å². The summed E-state index contributed by atoms with van der Waals surface area (Å²) in [5.41, 5.74) is 0.745. The SMILES string of the molecule is CN(C)c1cc(C(=O)O)nc(-c2cccc(Br)c2)n1. The standard InChI is InChI=1S/C13H12BrN3O2/c1-17(2)11-7-10(13(18)19)15-12(16-11)8-4-3-5-9(14)6-8/h3-7H,1-2H3,(H,18,19). The lowest BCUT2D eigenvalue weighted by atomic mass is 10.2. The van der Waals surface area contributed by atoms with Crippen molar-refractivity contribution in [3.8, 4) is 11.4 Å². The number of rotatable bonds is 3. The molecule has 2 rings (SSSR count). The van der Waals surface area contributed by atoms with Crippen LogP contribution in [0, 0.1) is 0 Å². The van der Waals surface area contributed by atoms with Crippen molar-refractivity contribution in [1.82, 2.24) is 9.97 Å². The van der Waals surface area contributed by atoms with Crippen LogP contribution in [0.3, 0.4) is 0 Å². The summed E-state index contributed by atoms with van der Waals surface area (Å²) in [6, 6.07) is 8.87. The van der Waals surface area contributed by atoms with Gasteiger partial charge in [0, 0.05) is 30.2 Å². The van der Waals surface area contributed by atoms with Gasteiger partial charge in [0.25, 0.3) is 0 Å². The minimum absolute atomic E-state index is 0.0197. The first-order chi connectivity index (χ1) is 8.97. The van der Waals surface area contributed by atoms with Crippen LogP contribution in [-0.4, -0.2) is 35.1 Å². The molecule has 1 N–H and O–H groups in total. The zero-order valence-corrected chi connectivity index (χ0v) is 12.0. The van der Waals surface area contributed by atoms with Crippen molar-refractivity contribution in [2.75, 3.05) is 19.0 Å². The minimum Gasteiger partial charge on any atom is -0.477 e. The Morgan fingerprint density at radius 1 is 1.26 bits per heavy atom. The fraction of sp³-hybridized carbons (Fsp3) is 0.154. The van der Waals surface area contributed by atoms with Gasteiger partial charge in [-0.05, 0) is 12.1 Å². The van der Waals surface area contributed by atoms with Crippen LogP contribution >= 0.6 is 15.9 Å². The first-order valence-corrected chi connectivity index (χ1v) is 6.32. The van der Waals surface area contributed by atoms with Crippen molar-refractivity contribution in [3.63, 3.8) is 0 Å². The molecule has 5 nitrogen and oxygen atoms in total. The van der Waals surface area contributed by atoms with E-state index in [0.29, 0.717) is 11.6 Å². The number of benzene rings is 1. The maximum absolute atomic E-state index is 11.1. The van der Waals surface area contributed by atoms with Gasteiger partial charge in [-0.25, -0.2) is 14.8 Å². The summed E-state index contributed by atoms with van der Waals surface area (Å²) in [7, 11) is 3.61. The molecule has 1 aromatic heterocycles. The summed E-state index contributed by atoms with van der Waals surface area (Å²) in [6.07, 6.45) is 0. The highest BCUT2D eigenvalue weighted by Gasteiger charge is 2.12. The lowest BCUT2D eigenvalue weighted by molar-refractivity contribution is 0.0690. The molecule has 0 radical (unpaired) electrons. The molecule has 1 aromatic carbocycles. The molecule has 2 aromatic rings. The van der Waals surface area contributed by atoms with Crippen molar-refractivity contribution in [2.45, 2.75) is 0 Å². The first-order valence-electron chi connectivity index (χ1n) is 5.53. The average molecular weight is 322 g/mol. The molecule has 0 bridgehead atoms. The Morgan fingerprint density at radius 2 is 2.00 bits per heavy atom. The number of aromatic nitrogens is 2. The van der Waals surface area contributed by atoms with Crippen molar-refractivity contribution >= 4 is 27.7 Å². The van der Waals surface area contributed by atoms with Crippen LogP contribution in [0.1, 0.15) is 10.5 Å². The lowest BCUT2D eigenvalue weighted by Gasteiger charge is -2.13. The highest BCUT2D eigenvalue weighted by atomic mass is 79.9. The normalized spacial score (nSPS) is 10.3. The quantitative estimate of drug-likeness (QED) is 0.941. The zero-order chi connectivity index (χ0) is 14.0. The predicted molar refractivity (Wildman–Crippen MR) is 76.5 cm³/mol. The number of hydrogen-bond donors (Lipinski definition) is 1. The maximum Gasteiger partial charge on any atom is 0.354 e. The average Bonchev–Trinajstić information content (AvgIpc) is 2.38. The Balaban J connectivity index is 2.59. The van der Waals surface area contributed by atoms with Crippen LogP contribution in [0.4, 0.5) is 5.82 Å². The zero-order valence-electron chi connectivity index (χ0n) is 10.5. The molecular formula is C13H12BrN3O2. The van der Waals surface area contributed by atoms with E-state index >= 15 is 0 Å². The van der Waals surface area contributed by atoms with Gasteiger partial charge in [0.05, 0.1) is 0 Å². The number of carboxylic acid groups (broad SMARTS) is 1. The maximum atomic E-state index is 11.1. The summed E-state index contributed by atoms with van der Waals surface area (Å²) < 4.78 is 0.890. The highest BCUT2D eigenvalue weighted by molar-refractivity contribution is 9.10. The van der Waals surface area contributed by atoms with Crippen LogP contribution in [0.2, 0.25) is 0 Å². The van der Waals surface area contributed by atoms with Gasteiger partial charge in [-0.15, -0.1) is 0 Å². The van der Waals surface area contributed by atoms with Crippen molar-refractivity contribution in [1.29, 1.82) is 0 Å². The van der Waals surface area contributed by atoms with Gasteiger partial charge < -0.3 is 10.0 Å². The molecular weight excluding hydrogens is 310 g/mol. The fourth-order valence-corrected chi connectivity index (χ4v) is 1.93. The smallest absolute Gasteiger partial charge is 0.354 e. The summed E-state index contributed by atoms with van der Waals surface area (Å²) in [6.45, 7) is 0. The molecule has 0 aliphatic carbocycles. The Bertz CT molecular complexity index is 629. The van der Waals surface area contributed by atoms with Gasteiger partial charge in [-0.2, -0.15) is 0 Å². The Morgan fingerprint density at radius 3 is 2.58 bits per heavy atom. The number of hydrogen-bond acceptors (Lipinski definition) is 4. The molecule has 0 fully saturated rings. The minimum atomic E-state index is -1.07. The second-order valence-corrected chi connectivity index (χ2v) is 5.06. The topological polar surface area (TPSA) is 66.3 Å². The van der Waals surface area contributed by atoms with Crippen LogP contribution in [0.25, 0.3) is 11.4 Å². The van der Waals surface area contributed by atoms with Gasteiger partial charge in [0.1, 0.15) is 5.82 Å². The highest BCUT2D eigenvalue weighted by Crippen LogP contribution is 2.22. The lowest BCUT2D eigenvalue weighted by Crippen LogP contribution is -2.14. The number of nitrogens with zero attached hydrogens (tertiary/aromatic N) is 3. The third kappa shape index (κ3) is 3.08. The number of halogens is 1. The molecule has 0 aliphatic heterocycles. The van der Waals surface area contributed by atoms with Crippen LogP contribution in [0.5, 0.6) is 0 Å². The number of aromatic carboxylic acids is 1. The molecule has 0 amide bonds. The van der Waals surface area contributed by atoms with E-state index in [1.807, 2.05) is 24.3 Å². The van der Waals surface area contributed by atoms with Gasteiger partial charge in [-0.1, -0.05) is 28.1 Å². The Hall–Kier alpha value is -1.95. The fourth-order valence-electron chi connectivity index (χ4n) is 1.53. The summed E-state index contributed by atoms with van der Waals surface area (Å²) in [5, 5.41) is 9.10. The van der Waals surface area contributed by atoms with Crippen molar-refractivity contribution in [2.24, 2.45) is 0 Å². The molecule has 0 unspecified atom stereocenters. The molecule has 0 atom stereocenters. The van der Waals surface area contributed by atoms with Crippen LogP contribution in [-0.2, 0) is 0 Å². The van der Waals surface area contributed by atoms with Crippen molar-refractivity contribution < 1.29 is 9.90 Å². The van der Waals surface area contributed by atoms with Crippen LogP contribution in [0.15, 0.2) is 34.8 Å². The molecule has 0 saturated carbocycles.